The predicted molar refractivity (Wildman–Crippen MR) is 108 cm³/mol. The summed E-state index contributed by atoms with van der Waals surface area (Å²) in [6.45, 7) is 0.506. The first-order valence-corrected chi connectivity index (χ1v) is 9.80. The monoisotopic (exact) mass is 406 g/mol. The summed E-state index contributed by atoms with van der Waals surface area (Å²) in [4.78, 5) is 50.2. The lowest BCUT2D eigenvalue weighted by Gasteiger charge is -2.29. The number of amides is 4. The fourth-order valence-electron chi connectivity index (χ4n) is 3.84. The van der Waals surface area contributed by atoms with Crippen LogP contribution in [0.1, 0.15) is 50.7 Å². The number of imide groups is 1. The summed E-state index contributed by atoms with van der Waals surface area (Å²) in [6.07, 6.45) is 0.501. The summed E-state index contributed by atoms with van der Waals surface area (Å²) in [5.41, 5.74) is 8.63. The van der Waals surface area contributed by atoms with Crippen LogP contribution in [0.2, 0.25) is 0 Å². The first-order valence-electron chi connectivity index (χ1n) is 9.80. The van der Waals surface area contributed by atoms with Gasteiger partial charge in [-0.3, -0.25) is 24.5 Å². The lowest BCUT2D eigenvalue weighted by atomic mass is 10.0. The maximum Gasteiger partial charge on any atom is 0.255 e. The highest BCUT2D eigenvalue weighted by Crippen LogP contribution is 2.28. The molecule has 0 aliphatic carbocycles. The Bertz CT molecular complexity index is 1020. The molecule has 2 atom stereocenters. The van der Waals surface area contributed by atoms with E-state index in [2.05, 4.69) is 10.6 Å². The Hall–Kier alpha value is -3.52. The molecular formula is C22H22N4O4. The Morgan fingerprint density at radius 2 is 1.93 bits per heavy atom. The summed E-state index contributed by atoms with van der Waals surface area (Å²) in [5, 5.41) is 5.10. The fraction of sp³-hybridized carbons (Fsp3) is 0.273. The third-order valence-electron chi connectivity index (χ3n) is 5.50. The van der Waals surface area contributed by atoms with Crippen molar-refractivity contribution >= 4 is 23.6 Å². The van der Waals surface area contributed by atoms with Crippen molar-refractivity contribution in [1.29, 1.82) is 0 Å². The molecule has 1 fully saturated rings. The van der Waals surface area contributed by atoms with Gasteiger partial charge in [0, 0.05) is 36.7 Å². The molecule has 0 aromatic heterocycles. The molecule has 4 N–H and O–H groups in total. The van der Waals surface area contributed by atoms with Crippen molar-refractivity contribution in [2.45, 2.75) is 31.5 Å². The number of piperidine rings is 1. The van der Waals surface area contributed by atoms with Crippen LogP contribution >= 0.6 is 0 Å². The fourth-order valence-corrected chi connectivity index (χ4v) is 3.84. The molecule has 8 nitrogen and oxygen atoms in total. The van der Waals surface area contributed by atoms with Gasteiger partial charge in [0.2, 0.25) is 11.8 Å². The minimum atomic E-state index is -0.677. The van der Waals surface area contributed by atoms with E-state index in [1.54, 1.807) is 18.2 Å². The highest BCUT2D eigenvalue weighted by atomic mass is 16.2. The van der Waals surface area contributed by atoms with E-state index in [9.17, 15) is 19.2 Å². The Morgan fingerprint density at radius 1 is 1.17 bits per heavy atom. The Morgan fingerprint density at radius 3 is 2.67 bits per heavy atom. The Balaban J connectivity index is 1.43. The minimum absolute atomic E-state index is 0.200. The van der Waals surface area contributed by atoms with Gasteiger partial charge in [-0.1, -0.05) is 30.3 Å². The summed E-state index contributed by atoms with van der Waals surface area (Å²) < 4.78 is 0. The van der Waals surface area contributed by atoms with E-state index in [0.29, 0.717) is 23.1 Å². The van der Waals surface area contributed by atoms with E-state index in [1.165, 1.54) is 4.90 Å². The van der Waals surface area contributed by atoms with Crippen LogP contribution < -0.4 is 16.4 Å². The first-order chi connectivity index (χ1) is 14.4. The molecule has 2 aliphatic rings. The largest absolute Gasteiger partial charge is 0.350 e. The molecule has 0 radical (unpaired) electrons. The van der Waals surface area contributed by atoms with Crippen molar-refractivity contribution in [2.24, 2.45) is 5.73 Å². The number of benzene rings is 2. The smallest absolute Gasteiger partial charge is 0.255 e. The van der Waals surface area contributed by atoms with Crippen molar-refractivity contribution in [3.05, 3.63) is 70.8 Å². The molecule has 1 saturated heterocycles. The number of fused-ring (bicyclic) bond motifs is 1. The van der Waals surface area contributed by atoms with Gasteiger partial charge in [0.1, 0.15) is 6.04 Å². The van der Waals surface area contributed by atoms with Gasteiger partial charge < -0.3 is 16.0 Å². The van der Waals surface area contributed by atoms with Crippen molar-refractivity contribution < 1.29 is 19.2 Å². The van der Waals surface area contributed by atoms with Gasteiger partial charge in [0.05, 0.1) is 0 Å². The molecule has 2 aliphatic heterocycles. The molecule has 0 spiro atoms. The van der Waals surface area contributed by atoms with Crippen LogP contribution in [0.5, 0.6) is 0 Å². The van der Waals surface area contributed by atoms with Gasteiger partial charge in [-0.05, 0) is 35.7 Å². The number of carbonyl (C=O) groups excluding carboxylic acids is 4. The number of nitrogens with zero attached hydrogens (tertiary/aromatic N) is 1. The van der Waals surface area contributed by atoms with Crippen molar-refractivity contribution in [1.82, 2.24) is 15.5 Å². The summed E-state index contributed by atoms with van der Waals surface area (Å²) >= 11 is 0. The molecule has 2 unspecified atom stereocenters. The van der Waals surface area contributed by atoms with Crippen molar-refractivity contribution in [3.63, 3.8) is 0 Å². The number of hydrogen-bond donors (Lipinski definition) is 3. The van der Waals surface area contributed by atoms with Crippen LogP contribution in [0.4, 0.5) is 0 Å². The molecule has 8 heteroatoms. The van der Waals surface area contributed by atoms with Gasteiger partial charge in [-0.2, -0.15) is 0 Å². The van der Waals surface area contributed by atoms with Crippen LogP contribution in [0, 0.1) is 0 Å². The number of hydrogen-bond acceptors (Lipinski definition) is 5. The minimum Gasteiger partial charge on any atom is -0.350 e. The zero-order valence-electron chi connectivity index (χ0n) is 16.3. The van der Waals surface area contributed by atoms with Gasteiger partial charge in [0.15, 0.2) is 0 Å². The second-order valence-electron chi connectivity index (χ2n) is 7.50. The number of nitrogens with two attached hydrogens (primary N) is 1. The normalized spacial score (nSPS) is 19.3. The van der Waals surface area contributed by atoms with Crippen LogP contribution in [0.15, 0.2) is 48.5 Å². The molecular weight excluding hydrogens is 384 g/mol. The van der Waals surface area contributed by atoms with E-state index in [0.717, 1.165) is 5.56 Å². The molecule has 2 aromatic rings. The Labute approximate surface area is 173 Å². The van der Waals surface area contributed by atoms with E-state index in [-0.39, 0.29) is 43.3 Å². The average molecular weight is 406 g/mol. The standard InChI is InChI=1S/C22H22N4O4/c23-17(13-4-2-1-3-5-13)11-24-20(28)14-6-7-16-15(10-14)12-26(22(16)30)18-8-9-19(27)25-21(18)29/h1-7,10,17-18H,8-9,11-12,23H2,(H,24,28)(H,25,27,29). The third kappa shape index (κ3) is 3.81. The van der Waals surface area contributed by atoms with E-state index < -0.39 is 11.9 Å². The van der Waals surface area contributed by atoms with Gasteiger partial charge in [-0.15, -0.1) is 0 Å². The number of rotatable bonds is 5. The average Bonchev–Trinajstić information content (AvgIpc) is 3.08. The molecule has 4 amide bonds. The van der Waals surface area contributed by atoms with Crippen LogP contribution in [-0.4, -0.2) is 41.1 Å². The topological polar surface area (TPSA) is 122 Å². The highest BCUT2D eigenvalue weighted by molar-refractivity contribution is 6.06. The molecule has 0 bridgehead atoms. The van der Waals surface area contributed by atoms with E-state index in [1.807, 2.05) is 30.3 Å². The van der Waals surface area contributed by atoms with Crippen LogP contribution in [-0.2, 0) is 16.1 Å². The first kappa shape index (κ1) is 19.8. The van der Waals surface area contributed by atoms with Gasteiger partial charge in [-0.25, -0.2) is 0 Å². The maximum atomic E-state index is 12.7. The summed E-state index contributed by atoms with van der Waals surface area (Å²) in [7, 11) is 0. The predicted octanol–water partition coefficient (Wildman–Crippen LogP) is 0.877. The van der Waals surface area contributed by atoms with Gasteiger partial charge >= 0.3 is 0 Å². The zero-order valence-corrected chi connectivity index (χ0v) is 16.3. The van der Waals surface area contributed by atoms with Crippen molar-refractivity contribution in [3.8, 4) is 0 Å². The van der Waals surface area contributed by atoms with Gasteiger partial charge in [0.25, 0.3) is 11.8 Å². The Kier molecular flexibility index (Phi) is 5.33. The summed E-state index contributed by atoms with van der Waals surface area (Å²) in [5.74, 6) is -1.33. The van der Waals surface area contributed by atoms with E-state index in [4.69, 9.17) is 5.73 Å². The quantitative estimate of drug-likeness (QED) is 0.637. The molecule has 30 heavy (non-hydrogen) atoms. The maximum absolute atomic E-state index is 12.7. The SMILES string of the molecule is NC(CNC(=O)c1ccc2c(c1)CN(C1CCC(=O)NC1=O)C2=O)c1ccccc1. The van der Waals surface area contributed by atoms with E-state index >= 15 is 0 Å². The van der Waals surface area contributed by atoms with Crippen molar-refractivity contribution in [2.75, 3.05) is 6.54 Å². The number of nitrogens with one attached hydrogen (secondary N) is 2. The lowest BCUT2D eigenvalue weighted by Crippen LogP contribution is -2.52. The van der Waals surface area contributed by atoms with Crippen LogP contribution in [0.3, 0.4) is 0 Å². The van der Waals surface area contributed by atoms with Crippen LogP contribution in [0.25, 0.3) is 0 Å². The lowest BCUT2D eigenvalue weighted by molar-refractivity contribution is -0.136. The zero-order chi connectivity index (χ0) is 21.3. The molecule has 2 heterocycles. The summed E-state index contributed by atoms with van der Waals surface area (Å²) in [6, 6.07) is 13.4. The second kappa shape index (κ2) is 8.08. The molecule has 0 saturated carbocycles. The molecule has 2 aromatic carbocycles. The highest BCUT2D eigenvalue weighted by Gasteiger charge is 2.39. The second-order valence-corrected chi connectivity index (χ2v) is 7.50. The third-order valence-corrected chi connectivity index (χ3v) is 5.50. The number of carbonyl (C=O) groups is 4. The molecule has 154 valence electrons. The molecule has 4 rings (SSSR count).